The summed E-state index contributed by atoms with van der Waals surface area (Å²) in [5.74, 6) is 0. The zero-order valence-electron chi connectivity index (χ0n) is 20.0. The molecule has 0 fully saturated rings. The van der Waals surface area contributed by atoms with E-state index in [2.05, 4.69) is 121 Å². The smallest absolute Gasteiger partial charge is 0.0709 e. The zero-order chi connectivity index (χ0) is 24.3. The summed E-state index contributed by atoms with van der Waals surface area (Å²) in [7, 11) is 0. The molecule has 0 spiro atoms. The van der Waals surface area contributed by atoms with Crippen molar-refractivity contribution in [2.75, 3.05) is 0 Å². The number of rotatable bonds is 2. The molecule has 37 heavy (non-hydrogen) atoms. The van der Waals surface area contributed by atoms with E-state index in [0.29, 0.717) is 0 Å². The van der Waals surface area contributed by atoms with E-state index >= 15 is 0 Å². The van der Waals surface area contributed by atoms with Gasteiger partial charge in [0.25, 0.3) is 0 Å². The number of pyridine rings is 1. The Bertz CT molecular complexity index is 2120. The number of nitrogens with zero attached hydrogens (tertiary/aromatic N) is 1. The molecule has 6 aromatic carbocycles. The zero-order valence-corrected chi connectivity index (χ0v) is 20.8. The summed E-state index contributed by atoms with van der Waals surface area (Å²) in [5.41, 5.74) is 4.57. The minimum atomic E-state index is 1.01. The molecule has 0 aliphatic carbocycles. The third kappa shape index (κ3) is 3.20. The Morgan fingerprint density at radius 1 is 0.378 bits per heavy atom. The molecule has 8 rings (SSSR count). The van der Waals surface area contributed by atoms with Crippen LogP contribution in [0.25, 0.3) is 74.9 Å². The van der Waals surface area contributed by atoms with Crippen LogP contribution in [0.5, 0.6) is 0 Å². The SMILES string of the molecule is c1cc(-c2ccc3c4ccccc4c4ccccc4c3c2)cc(-c2cc3c(cn2)sc2ccccc23)c1. The van der Waals surface area contributed by atoms with Crippen LogP contribution in [0.2, 0.25) is 0 Å². The molecule has 2 aromatic heterocycles. The van der Waals surface area contributed by atoms with Gasteiger partial charge in [0.2, 0.25) is 0 Å². The van der Waals surface area contributed by atoms with Gasteiger partial charge in [0.1, 0.15) is 0 Å². The van der Waals surface area contributed by atoms with E-state index in [-0.39, 0.29) is 0 Å². The van der Waals surface area contributed by atoms with Crippen molar-refractivity contribution in [3.63, 3.8) is 0 Å². The molecular weight excluding hydrogens is 466 g/mol. The lowest BCUT2D eigenvalue weighted by atomic mass is 9.91. The first-order valence-corrected chi connectivity index (χ1v) is 13.4. The molecule has 0 N–H and O–H groups in total. The van der Waals surface area contributed by atoms with Gasteiger partial charge >= 0.3 is 0 Å². The van der Waals surface area contributed by atoms with Crippen LogP contribution in [-0.2, 0) is 0 Å². The lowest BCUT2D eigenvalue weighted by Gasteiger charge is -2.12. The highest BCUT2D eigenvalue weighted by atomic mass is 32.1. The van der Waals surface area contributed by atoms with Crippen LogP contribution < -0.4 is 0 Å². The second-order valence-electron chi connectivity index (χ2n) is 9.60. The maximum absolute atomic E-state index is 4.84. The van der Waals surface area contributed by atoms with Crippen LogP contribution >= 0.6 is 11.3 Å². The predicted octanol–water partition coefficient (Wildman–Crippen LogP) is 10.2. The molecule has 0 aliphatic rings. The molecule has 0 aliphatic heterocycles. The number of aromatic nitrogens is 1. The van der Waals surface area contributed by atoms with E-state index < -0.39 is 0 Å². The van der Waals surface area contributed by atoms with E-state index in [1.807, 2.05) is 6.20 Å². The fourth-order valence-electron chi connectivity index (χ4n) is 5.73. The molecule has 2 heterocycles. The summed E-state index contributed by atoms with van der Waals surface area (Å²) in [6.45, 7) is 0. The predicted molar refractivity (Wildman–Crippen MR) is 161 cm³/mol. The summed E-state index contributed by atoms with van der Waals surface area (Å²) >= 11 is 1.81. The fourth-order valence-corrected chi connectivity index (χ4v) is 6.79. The van der Waals surface area contributed by atoms with Gasteiger partial charge in [0.15, 0.2) is 0 Å². The van der Waals surface area contributed by atoms with Crippen LogP contribution in [-0.4, -0.2) is 4.98 Å². The average molecular weight is 488 g/mol. The van der Waals surface area contributed by atoms with Gasteiger partial charge in [-0.2, -0.15) is 0 Å². The van der Waals surface area contributed by atoms with E-state index in [9.17, 15) is 0 Å². The van der Waals surface area contributed by atoms with Crippen molar-refractivity contribution in [3.8, 4) is 22.4 Å². The van der Waals surface area contributed by atoms with Crippen molar-refractivity contribution in [2.45, 2.75) is 0 Å². The molecule has 0 saturated heterocycles. The van der Waals surface area contributed by atoms with Crippen LogP contribution in [0, 0.1) is 0 Å². The van der Waals surface area contributed by atoms with Crippen LogP contribution in [0.15, 0.2) is 128 Å². The van der Waals surface area contributed by atoms with Gasteiger partial charge < -0.3 is 0 Å². The maximum atomic E-state index is 4.84. The fraction of sp³-hybridized carbons (Fsp3) is 0. The van der Waals surface area contributed by atoms with Gasteiger partial charge in [0.05, 0.1) is 10.4 Å². The van der Waals surface area contributed by atoms with Gasteiger partial charge in [-0.3, -0.25) is 4.98 Å². The topological polar surface area (TPSA) is 12.9 Å². The molecule has 0 atom stereocenters. The van der Waals surface area contributed by atoms with E-state index in [1.54, 1.807) is 11.3 Å². The quantitative estimate of drug-likeness (QED) is 0.221. The van der Waals surface area contributed by atoms with Crippen molar-refractivity contribution < 1.29 is 0 Å². The molecule has 0 saturated carbocycles. The standard InChI is InChI=1S/C35H21NS/c1-2-12-27-25(10-1)26-11-3-4-13-28(26)31-19-23(16-17-29(27)31)22-8-7-9-24(18-22)33-20-32-30-14-5-6-15-34(30)37-35(32)21-36-33/h1-21H. The number of fused-ring (bicyclic) bond motifs is 9. The lowest BCUT2D eigenvalue weighted by molar-refractivity contribution is 1.37. The maximum Gasteiger partial charge on any atom is 0.0709 e. The van der Waals surface area contributed by atoms with E-state index in [1.165, 1.54) is 63.6 Å². The van der Waals surface area contributed by atoms with Gasteiger partial charge in [-0.15, -0.1) is 11.3 Å². The number of benzene rings is 6. The highest BCUT2D eigenvalue weighted by molar-refractivity contribution is 7.25. The largest absolute Gasteiger partial charge is 0.255 e. The number of hydrogen-bond acceptors (Lipinski definition) is 2. The van der Waals surface area contributed by atoms with Crippen LogP contribution in [0.3, 0.4) is 0 Å². The molecule has 0 radical (unpaired) electrons. The summed E-state index contributed by atoms with van der Waals surface area (Å²) < 4.78 is 2.54. The number of thiophene rings is 1. The Morgan fingerprint density at radius 3 is 1.73 bits per heavy atom. The summed E-state index contributed by atoms with van der Waals surface area (Å²) in [4.78, 5) is 4.84. The second-order valence-corrected chi connectivity index (χ2v) is 10.7. The highest BCUT2D eigenvalue weighted by Crippen LogP contribution is 2.38. The van der Waals surface area contributed by atoms with E-state index in [4.69, 9.17) is 4.98 Å². The first-order chi connectivity index (χ1) is 18.3. The highest BCUT2D eigenvalue weighted by Gasteiger charge is 2.11. The Kier molecular flexibility index (Phi) is 4.46. The van der Waals surface area contributed by atoms with Crippen molar-refractivity contribution in [1.82, 2.24) is 4.98 Å². The monoisotopic (exact) mass is 487 g/mol. The van der Waals surface area contributed by atoms with Gasteiger partial charge in [-0.1, -0.05) is 97.1 Å². The van der Waals surface area contributed by atoms with Crippen LogP contribution in [0.1, 0.15) is 0 Å². The van der Waals surface area contributed by atoms with Gasteiger partial charge in [0, 0.05) is 27.2 Å². The molecule has 0 unspecified atom stereocenters. The Hall–Kier alpha value is -4.53. The second kappa shape index (κ2) is 7.99. The van der Waals surface area contributed by atoms with Crippen molar-refractivity contribution in [3.05, 3.63) is 128 Å². The lowest BCUT2D eigenvalue weighted by Crippen LogP contribution is -1.86. The molecule has 172 valence electrons. The van der Waals surface area contributed by atoms with Crippen molar-refractivity contribution in [2.24, 2.45) is 0 Å². The van der Waals surface area contributed by atoms with E-state index in [0.717, 1.165) is 11.3 Å². The number of hydrogen-bond donors (Lipinski definition) is 0. The summed E-state index contributed by atoms with van der Waals surface area (Å²) in [6.07, 6.45) is 2.02. The Labute approximate surface area is 218 Å². The summed E-state index contributed by atoms with van der Waals surface area (Å²) in [5, 5.41) is 10.4. The molecule has 8 aromatic rings. The third-order valence-corrected chi connectivity index (χ3v) is 8.62. The molecular formula is C35H21NS. The first kappa shape index (κ1) is 20.6. The normalized spacial score (nSPS) is 11.8. The molecule has 0 bridgehead atoms. The Balaban J connectivity index is 1.31. The Morgan fingerprint density at radius 2 is 0.973 bits per heavy atom. The van der Waals surface area contributed by atoms with Crippen molar-refractivity contribution in [1.29, 1.82) is 0 Å². The minimum absolute atomic E-state index is 1.01. The van der Waals surface area contributed by atoms with Crippen molar-refractivity contribution >= 4 is 63.8 Å². The van der Waals surface area contributed by atoms with Gasteiger partial charge in [-0.25, -0.2) is 0 Å². The van der Waals surface area contributed by atoms with Gasteiger partial charge in [-0.05, 0) is 67.7 Å². The molecule has 2 heteroatoms. The minimum Gasteiger partial charge on any atom is -0.255 e. The average Bonchev–Trinajstić information content (AvgIpc) is 3.35. The third-order valence-electron chi connectivity index (χ3n) is 7.50. The summed E-state index contributed by atoms with van der Waals surface area (Å²) in [6, 6.07) is 44.0. The first-order valence-electron chi connectivity index (χ1n) is 12.5. The molecule has 1 nitrogen and oxygen atoms in total. The van der Waals surface area contributed by atoms with Crippen LogP contribution in [0.4, 0.5) is 0 Å². The molecule has 0 amide bonds.